The molecular formula is C18H18BNO3. The Bertz CT molecular complexity index is 783. The van der Waals surface area contributed by atoms with Crippen molar-refractivity contribution in [3.05, 3.63) is 48.5 Å². The zero-order valence-corrected chi connectivity index (χ0v) is 13.3. The van der Waals surface area contributed by atoms with Gasteiger partial charge in [-0.1, -0.05) is 38.1 Å². The lowest BCUT2D eigenvalue weighted by molar-refractivity contribution is 0.0343. The molecule has 1 aliphatic heterocycles. The minimum absolute atomic E-state index is 0.0780. The summed E-state index contributed by atoms with van der Waals surface area (Å²) < 4.78 is 17.4. The molecule has 0 amide bonds. The monoisotopic (exact) mass is 307 g/mol. The first kappa shape index (κ1) is 14.5. The van der Waals surface area contributed by atoms with Crippen LogP contribution in [-0.4, -0.2) is 25.3 Å². The third-order valence-corrected chi connectivity index (χ3v) is 3.97. The highest BCUT2D eigenvalue weighted by Gasteiger charge is 2.33. The van der Waals surface area contributed by atoms with E-state index >= 15 is 0 Å². The maximum atomic E-state index is 5.81. The van der Waals surface area contributed by atoms with E-state index < -0.39 is 0 Å². The zero-order chi connectivity index (χ0) is 15.9. The van der Waals surface area contributed by atoms with Gasteiger partial charge in [-0.05, 0) is 29.7 Å². The smallest absolute Gasteiger partial charge is 0.436 e. The maximum Gasteiger partial charge on any atom is 0.493 e. The normalized spacial score (nSPS) is 17.6. The average Bonchev–Trinajstić information content (AvgIpc) is 2.99. The summed E-state index contributed by atoms with van der Waals surface area (Å²) in [6, 6.07) is 15.8. The van der Waals surface area contributed by atoms with Crippen molar-refractivity contribution in [3.63, 3.8) is 0 Å². The number of hydrogen-bond donors (Lipinski definition) is 0. The largest absolute Gasteiger partial charge is 0.493 e. The van der Waals surface area contributed by atoms with Gasteiger partial charge in [0.25, 0.3) is 0 Å². The summed E-state index contributed by atoms with van der Waals surface area (Å²) in [7, 11) is -0.291. The van der Waals surface area contributed by atoms with Crippen LogP contribution in [0.25, 0.3) is 22.6 Å². The molecule has 1 aliphatic rings. The van der Waals surface area contributed by atoms with Crippen LogP contribution in [0, 0.1) is 5.41 Å². The minimum atomic E-state index is -0.291. The Balaban J connectivity index is 1.56. The molecule has 3 aromatic rings. The molecule has 0 radical (unpaired) electrons. The van der Waals surface area contributed by atoms with Crippen molar-refractivity contribution in [1.29, 1.82) is 0 Å². The van der Waals surface area contributed by atoms with Crippen molar-refractivity contribution in [3.8, 4) is 11.5 Å². The SMILES string of the molecule is CC1(C)COB(c2ccc(-c3nc4ccccc4o3)cc2)OC1. The highest BCUT2D eigenvalue weighted by molar-refractivity contribution is 6.61. The summed E-state index contributed by atoms with van der Waals surface area (Å²) in [5, 5.41) is 0. The summed E-state index contributed by atoms with van der Waals surface area (Å²) in [6.45, 7) is 5.67. The van der Waals surface area contributed by atoms with Gasteiger partial charge in [-0.2, -0.15) is 0 Å². The molecule has 1 aromatic heterocycles. The van der Waals surface area contributed by atoms with Gasteiger partial charge in [0, 0.05) is 24.2 Å². The predicted molar refractivity (Wildman–Crippen MR) is 90.5 cm³/mol. The lowest BCUT2D eigenvalue weighted by Crippen LogP contribution is -2.47. The van der Waals surface area contributed by atoms with Crippen LogP contribution in [0.1, 0.15) is 13.8 Å². The molecule has 4 rings (SSSR count). The van der Waals surface area contributed by atoms with Gasteiger partial charge >= 0.3 is 7.12 Å². The van der Waals surface area contributed by atoms with E-state index in [9.17, 15) is 0 Å². The number of aromatic nitrogens is 1. The molecule has 2 heterocycles. The second-order valence-electron chi connectivity index (χ2n) is 6.73. The third kappa shape index (κ3) is 2.90. The fourth-order valence-corrected chi connectivity index (χ4v) is 2.66. The molecule has 0 saturated carbocycles. The van der Waals surface area contributed by atoms with Crippen LogP contribution in [0.5, 0.6) is 0 Å². The molecule has 0 bridgehead atoms. The number of rotatable bonds is 2. The molecule has 0 unspecified atom stereocenters. The van der Waals surface area contributed by atoms with E-state index in [1.165, 1.54) is 0 Å². The molecule has 116 valence electrons. The van der Waals surface area contributed by atoms with E-state index in [4.69, 9.17) is 13.7 Å². The van der Waals surface area contributed by atoms with Crippen LogP contribution in [-0.2, 0) is 9.31 Å². The summed E-state index contributed by atoms with van der Waals surface area (Å²) in [6.07, 6.45) is 0. The van der Waals surface area contributed by atoms with Gasteiger partial charge < -0.3 is 13.7 Å². The Kier molecular flexibility index (Phi) is 3.47. The quantitative estimate of drug-likeness (QED) is 0.682. The van der Waals surface area contributed by atoms with Crippen LogP contribution in [0.3, 0.4) is 0 Å². The van der Waals surface area contributed by atoms with Crippen molar-refractivity contribution < 1.29 is 13.7 Å². The fraction of sp³-hybridized carbons (Fsp3) is 0.278. The first-order valence-corrected chi connectivity index (χ1v) is 7.80. The molecule has 5 heteroatoms. The standard InChI is InChI=1S/C18H18BNO3/c1-18(2)11-21-19(22-12-18)14-9-7-13(8-10-14)17-20-15-5-3-4-6-16(15)23-17/h3-10H,11-12H2,1-2H3. The highest BCUT2D eigenvalue weighted by atomic mass is 16.6. The van der Waals surface area contributed by atoms with Gasteiger partial charge in [0.2, 0.25) is 5.89 Å². The number of fused-ring (bicyclic) bond motifs is 1. The first-order chi connectivity index (χ1) is 11.1. The molecule has 2 aromatic carbocycles. The summed E-state index contributed by atoms with van der Waals surface area (Å²) in [5.41, 5.74) is 3.70. The van der Waals surface area contributed by atoms with Crippen LogP contribution in [0.2, 0.25) is 0 Å². The van der Waals surface area contributed by atoms with Crippen molar-refractivity contribution >= 4 is 23.7 Å². The van der Waals surface area contributed by atoms with Crippen LogP contribution in [0.15, 0.2) is 52.9 Å². The van der Waals surface area contributed by atoms with E-state index in [0.717, 1.165) is 22.1 Å². The van der Waals surface area contributed by atoms with Crippen LogP contribution >= 0.6 is 0 Å². The number of para-hydroxylation sites is 2. The van der Waals surface area contributed by atoms with Gasteiger partial charge in [-0.25, -0.2) is 4.98 Å². The number of benzene rings is 2. The van der Waals surface area contributed by atoms with Gasteiger partial charge in [0.15, 0.2) is 5.58 Å². The Morgan fingerprint density at radius 3 is 2.35 bits per heavy atom. The summed E-state index contributed by atoms with van der Waals surface area (Å²) in [4.78, 5) is 4.52. The molecule has 0 N–H and O–H groups in total. The second-order valence-corrected chi connectivity index (χ2v) is 6.73. The summed E-state index contributed by atoms with van der Waals surface area (Å²) >= 11 is 0. The van der Waals surface area contributed by atoms with Gasteiger partial charge in [0.05, 0.1) is 0 Å². The minimum Gasteiger partial charge on any atom is -0.436 e. The highest BCUT2D eigenvalue weighted by Crippen LogP contribution is 2.24. The predicted octanol–water partition coefficient (Wildman–Crippen LogP) is 3.26. The van der Waals surface area contributed by atoms with Gasteiger partial charge in [0.1, 0.15) is 5.52 Å². The van der Waals surface area contributed by atoms with Gasteiger partial charge in [-0.15, -0.1) is 0 Å². The fourth-order valence-electron chi connectivity index (χ4n) is 2.66. The molecule has 0 aliphatic carbocycles. The van der Waals surface area contributed by atoms with Gasteiger partial charge in [-0.3, -0.25) is 0 Å². The Hall–Kier alpha value is -2.11. The second kappa shape index (κ2) is 5.51. The Morgan fingerprint density at radius 1 is 0.957 bits per heavy atom. The number of oxazole rings is 1. The van der Waals surface area contributed by atoms with Crippen molar-refractivity contribution in [2.24, 2.45) is 5.41 Å². The lowest BCUT2D eigenvalue weighted by Gasteiger charge is -2.33. The lowest BCUT2D eigenvalue weighted by atomic mass is 9.76. The van der Waals surface area contributed by atoms with Crippen LogP contribution in [0.4, 0.5) is 0 Å². The Labute approximate surface area is 135 Å². The molecule has 0 spiro atoms. The zero-order valence-electron chi connectivity index (χ0n) is 13.3. The molecule has 4 nitrogen and oxygen atoms in total. The van der Waals surface area contributed by atoms with Crippen molar-refractivity contribution in [2.75, 3.05) is 13.2 Å². The number of nitrogens with zero attached hydrogens (tertiary/aromatic N) is 1. The molecule has 0 atom stereocenters. The van der Waals surface area contributed by atoms with E-state index in [0.29, 0.717) is 19.1 Å². The number of hydrogen-bond acceptors (Lipinski definition) is 4. The topological polar surface area (TPSA) is 44.5 Å². The molecule has 1 saturated heterocycles. The van der Waals surface area contributed by atoms with E-state index in [2.05, 4.69) is 18.8 Å². The van der Waals surface area contributed by atoms with Crippen LogP contribution < -0.4 is 5.46 Å². The summed E-state index contributed by atoms with van der Waals surface area (Å²) in [5.74, 6) is 0.629. The molecule has 23 heavy (non-hydrogen) atoms. The third-order valence-electron chi connectivity index (χ3n) is 3.97. The molecule has 1 fully saturated rings. The Morgan fingerprint density at radius 2 is 1.65 bits per heavy atom. The molecular weight excluding hydrogens is 289 g/mol. The van der Waals surface area contributed by atoms with E-state index in [1.54, 1.807) is 0 Å². The van der Waals surface area contributed by atoms with E-state index in [1.807, 2.05) is 48.5 Å². The average molecular weight is 307 g/mol. The maximum absolute atomic E-state index is 5.81. The van der Waals surface area contributed by atoms with Crippen molar-refractivity contribution in [2.45, 2.75) is 13.8 Å². The first-order valence-electron chi connectivity index (χ1n) is 7.80. The van der Waals surface area contributed by atoms with E-state index in [-0.39, 0.29) is 12.5 Å². The van der Waals surface area contributed by atoms with Crippen molar-refractivity contribution in [1.82, 2.24) is 4.98 Å².